The number of hydrogen-bond donors (Lipinski definition) is 1. The van der Waals surface area contributed by atoms with Gasteiger partial charge in [-0.15, -0.1) is 0 Å². The zero-order chi connectivity index (χ0) is 20.2. The van der Waals surface area contributed by atoms with Crippen LogP contribution in [0.5, 0.6) is 11.5 Å². The van der Waals surface area contributed by atoms with E-state index in [4.69, 9.17) is 9.47 Å². The summed E-state index contributed by atoms with van der Waals surface area (Å²) in [4.78, 5) is 0. The van der Waals surface area contributed by atoms with Crippen molar-refractivity contribution in [1.29, 1.82) is 0 Å². The molecule has 0 amide bonds. The molecule has 0 spiro atoms. The number of benzene rings is 2. The second-order valence-corrected chi connectivity index (χ2v) is 8.59. The fourth-order valence-electron chi connectivity index (χ4n) is 3.09. The molecule has 6 nitrogen and oxygen atoms in total. The van der Waals surface area contributed by atoms with E-state index in [0.717, 1.165) is 22.9 Å². The SMILES string of the molecule is COc1cccc(OC[C@@H](O)CN(c2c(C)cc(C)cc2C)S(C)(=O)=O)c1. The van der Waals surface area contributed by atoms with E-state index in [1.165, 1.54) is 4.31 Å². The van der Waals surface area contributed by atoms with E-state index in [9.17, 15) is 13.5 Å². The molecule has 0 aliphatic heterocycles. The number of ether oxygens (including phenoxy) is 2. The van der Waals surface area contributed by atoms with Gasteiger partial charge < -0.3 is 14.6 Å². The Hall–Kier alpha value is -2.25. The number of sulfonamides is 1. The quantitative estimate of drug-likeness (QED) is 0.746. The van der Waals surface area contributed by atoms with Crippen molar-refractivity contribution in [2.24, 2.45) is 0 Å². The predicted molar refractivity (Wildman–Crippen MR) is 107 cm³/mol. The molecule has 27 heavy (non-hydrogen) atoms. The Morgan fingerprint density at radius 2 is 1.67 bits per heavy atom. The van der Waals surface area contributed by atoms with E-state index in [0.29, 0.717) is 17.2 Å². The van der Waals surface area contributed by atoms with E-state index in [1.807, 2.05) is 32.9 Å². The van der Waals surface area contributed by atoms with Gasteiger partial charge in [-0.25, -0.2) is 8.42 Å². The lowest BCUT2D eigenvalue weighted by Crippen LogP contribution is -2.40. The van der Waals surface area contributed by atoms with Crippen molar-refractivity contribution < 1.29 is 23.0 Å². The highest BCUT2D eigenvalue weighted by molar-refractivity contribution is 7.92. The minimum atomic E-state index is -3.57. The highest BCUT2D eigenvalue weighted by Crippen LogP contribution is 2.28. The highest BCUT2D eigenvalue weighted by Gasteiger charge is 2.24. The maximum absolute atomic E-state index is 12.4. The van der Waals surface area contributed by atoms with Crippen LogP contribution in [0.1, 0.15) is 16.7 Å². The zero-order valence-electron chi connectivity index (χ0n) is 16.4. The van der Waals surface area contributed by atoms with E-state index in [2.05, 4.69) is 0 Å². The summed E-state index contributed by atoms with van der Waals surface area (Å²) in [5.74, 6) is 1.19. The average molecular weight is 394 g/mol. The van der Waals surface area contributed by atoms with Crippen LogP contribution in [-0.4, -0.2) is 46.1 Å². The summed E-state index contributed by atoms with van der Waals surface area (Å²) in [7, 11) is -2.01. The molecule has 1 N–H and O–H groups in total. The highest BCUT2D eigenvalue weighted by atomic mass is 32.2. The molecule has 0 bridgehead atoms. The van der Waals surface area contributed by atoms with Gasteiger partial charge in [0.15, 0.2) is 0 Å². The minimum Gasteiger partial charge on any atom is -0.497 e. The van der Waals surface area contributed by atoms with Crippen molar-refractivity contribution >= 4 is 15.7 Å². The van der Waals surface area contributed by atoms with Gasteiger partial charge in [-0.05, 0) is 44.0 Å². The first kappa shape index (κ1) is 21.1. The maximum Gasteiger partial charge on any atom is 0.232 e. The van der Waals surface area contributed by atoms with Crippen LogP contribution in [0.4, 0.5) is 5.69 Å². The van der Waals surface area contributed by atoms with Crippen LogP contribution < -0.4 is 13.8 Å². The molecule has 1 atom stereocenters. The minimum absolute atomic E-state index is 0.0385. The second-order valence-electron chi connectivity index (χ2n) is 6.69. The Morgan fingerprint density at radius 1 is 1.07 bits per heavy atom. The lowest BCUT2D eigenvalue weighted by Gasteiger charge is -2.28. The van der Waals surface area contributed by atoms with E-state index in [1.54, 1.807) is 31.4 Å². The van der Waals surface area contributed by atoms with Gasteiger partial charge in [0.1, 0.15) is 24.2 Å². The first-order chi connectivity index (χ1) is 12.6. The number of aliphatic hydroxyl groups excluding tert-OH is 1. The number of aliphatic hydroxyl groups is 1. The molecule has 0 aliphatic carbocycles. The van der Waals surface area contributed by atoms with Crippen LogP contribution in [-0.2, 0) is 10.0 Å². The largest absolute Gasteiger partial charge is 0.497 e. The lowest BCUT2D eigenvalue weighted by atomic mass is 10.0. The monoisotopic (exact) mass is 393 g/mol. The summed E-state index contributed by atoms with van der Waals surface area (Å²) in [6, 6.07) is 10.9. The average Bonchev–Trinajstić information content (AvgIpc) is 2.57. The number of anilines is 1. The van der Waals surface area contributed by atoms with Crippen LogP contribution in [0.25, 0.3) is 0 Å². The second kappa shape index (κ2) is 8.63. The van der Waals surface area contributed by atoms with Crippen molar-refractivity contribution in [3.05, 3.63) is 53.1 Å². The van der Waals surface area contributed by atoms with Crippen LogP contribution in [0.3, 0.4) is 0 Å². The van der Waals surface area contributed by atoms with Gasteiger partial charge >= 0.3 is 0 Å². The molecule has 7 heteroatoms. The third kappa shape index (κ3) is 5.61. The smallest absolute Gasteiger partial charge is 0.232 e. The van der Waals surface area contributed by atoms with E-state index < -0.39 is 16.1 Å². The first-order valence-corrected chi connectivity index (χ1v) is 10.5. The number of hydrogen-bond acceptors (Lipinski definition) is 5. The number of nitrogens with zero attached hydrogens (tertiary/aromatic N) is 1. The fourth-order valence-corrected chi connectivity index (χ4v) is 4.15. The third-order valence-corrected chi connectivity index (χ3v) is 5.28. The third-order valence-electron chi connectivity index (χ3n) is 4.15. The Balaban J connectivity index is 2.17. The van der Waals surface area contributed by atoms with Gasteiger partial charge in [-0.2, -0.15) is 0 Å². The molecule has 0 fully saturated rings. The van der Waals surface area contributed by atoms with E-state index >= 15 is 0 Å². The Kier molecular flexibility index (Phi) is 6.73. The summed E-state index contributed by atoms with van der Waals surface area (Å²) in [6.07, 6.45) is 0.146. The van der Waals surface area contributed by atoms with Gasteiger partial charge in [-0.3, -0.25) is 4.31 Å². The molecule has 0 heterocycles. The van der Waals surface area contributed by atoms with Gasteiger partial charge in [0.2, 0.25) is 10.0 Å². The van der Waals surface area contributed by atoms with Crippen LogP contribution in [0.2, 0.25) is 0 Å². The number of rotatable bonds is 8. The van der Waals surface area contributed by atoms with Crippen molar-refractivity contribution in [3.8, 4) is 11.5 Å². The molecule has 0 radical (unpaired) electrons. The number of aryl methyl sites for hydroxylation is 3. The molecule has 148 valence electrons. The molecular weight excluding hydrogens is 366 g/mol. The predicted octanol–water partition coefficient (Wildman–Crippen LogP) is 2.83. The molecule has 0 saturated carbocycles. The topological polar surface area (TPSA) is 76.1 Å². The molecule has 2 rings (SSSR count). The molecule has 0 aromatic heterocycles. The molecule has 0 unspecified atom stereocenters. The summed E-state index contributed by atoms with van der Waals surface area (Å²) in [6.45, 7) is 5.57. The van der Waals surface area contributed by atoms with Gasteiger partial charge in [0, 0.05) is 6.07 Å². The van der Waals surface area contributed by atoms with Crippen LogP contribution in [0, 0.1) is 20.8 Å². The summed E-state index contributed by atoms with van der Waals surface area (Å²) in [5, 5.41) is 10.4. The Bertz CT molecular complexity index is 872. The molecule has 0 saturated heterocycles. The fraction of sp³-hybridized carbons (Fsp3) is 0.400. The summed E-state index contributed by atoms with van der Waals surface area (Å²) >= 11 is 0. The lowest BCUT2D eigenvalue weighted by molar-refractivity contribution is 0.115. The summed E-state index contributed by atoms with van der Waals surface area (Å²) in [5.41, 5.74) is 3.35. The molecule has 2 aromatic carbocycles. The normalized spacial score (nSPS) is 12.5. The van der Waals surface area contributed by atoms with Gasteiger partial charge in [-0.1, -0.05) is 23.8 Å². The van der Waals surface area contributed by atoms with Gasteiger partial charge in [0.25, 0.3) is 0 Å². The first-order valence-electron chi connectivity index (χ1n) is 8.62. The van der Waals surface area contributed by atoms with E-state index in [-0.39, 0.29) is 13.2 Å². The Morgan fingerprint density at radius 3 is 2.22 bits per heavy atom. The van der Waals surface area contributed by atoms with Crippen molar-refractivity contribution in [2.45, 2.75) is 26.9 Å². The van der Waals surface area contributed by atoms with Crippen LogP contribution in [0.15, 0.2) is 36.4 Å². The van der Waals surface area contributed by atoms with Crippen molar-refractivity contribution in [1.82, 2.24) is 0 Å². The maximum atomic E-state index is 12.4. The number of methoxy groups -OCH3 is 1. The summed E-state index contributed by atoms with van der Waals surface area (Å²) < 4.78 is 36.7. The van der Waals surface area contributed by atoms with Crippen LogP contribution >= 0.6 is 0 Å². The van der Waals surface area contributed by atoms with Crippen molar-refractivity contribution in [2.75, 3.05) is 30.8 Å². The molecular formula is C20H27NO5S. The molecule has 2 aromatic rings. The van der Waals surface area contributed by atoms with Crippen molar-refractivity contribution in [3.63, 3.8) is 0 Å². The zero-order valence-corrected chi connectivity index (χ0v) is 17.2. The molecule has 0 aliphatic rings. The standard InChI is InChI=1S/C20H27NO5S/c1-14-9-15(2)20(16(3)10-14)21(27(5,23)24)12-17(22)13-26-19-8-6-7-18(11-19)25-4/h6-11,17,22H,12-13H2,1-5H3/t17-/m0/s1. The Labute approximate surface area is 161 Å². The van der Waals surface area contributed by atoms with Gasteiger partial charge in [0.05, 0.1) is 25.6 Å².